The number of aromatic nitrogens is 1. The Morgan fingerprint density at radius 3 is 2.70 bits per heavy atom. The number of carbonyl (C=O) groups excluding carboxylic acids is 1. The molecule has 3 aromatic rings. The molecule has 1 aliphatic heterocycles. The summed E-state index contributed by atoms with van der Waals surface area (Å²) >= 11 is 1.72. The first-order valence-corrected chi connectivity index (χ1v) is 11.3. The molecule has 0 bridgehead atoms. The van der Waals surface area contributed by atoms with Gasteiger partial charge in [0.15, 0.2) is 0 Å². The van der Waals surface area contributed by atoms with E-state index in [1.807, 2.05) is 12.1 Å². The Bertz CT molecular complexity index is 903. The number of rotatable bonds is 9. The Hall–Kier alpha value is -2.77. The zero-order valence-electron chi connectivity index (χ0n) is 17.0. The van der Waals surface area contributed by atoms with Gasteiger partial charge in [0.05, 0.1) is 5.69 Å². The van der Waals surface area contributed by atoms with Crippen LogP contribution in [-0.2, 0) is 6.61 Å². The van der Waals surface area contributed by atoms with Crippen molar-refractivity contribution in [3.8, 4) is 5.75 Å². The Labute approximate surface area is 181 Å². The van der Waals surface area contributed by atoms with Gasteiger partial charge in [0.2, 0.25) is 0 Å². The highest BCUT2D eigenvalue weighted by Crippen LogP contribution is 2.30. The number of nitrogens with one attached hydrogen (secondary N) is 2. The maximum atomic E-state index is 11.9. The van der Waals surface area contributed by atoms with Gasteiger partial charge < -0.3 is 19.9 Å². The van der Waals surface area contributed by atoms with E-state index in [-0.39, 0.29) is 5.91 Å². The molecule has 0 atom stereocenters. The summed E-state index contributed by atoms with van der Waals surface area (Å²) in [5, 5.41) is 5.05. The summed E-state index contributed by atoms with van der Waals surface area (Å²) in [5.74, 6) is 0.912. The van der Waals surface area contributed by atoms with Crippen LogP contribution in [-0.4, -0.2) is 55.1 Å². The van der Waals surface area contributed by atoms with Crippen molar-refractivity contribution in [2.45, 2.75) is 13.0 Å². The number of carbonyl (C=O) groups is 1. The van der Waals surface area contributed by atoms with E-state index in [1.54, 1.807) is 23.6 Å². The van der Waals surface area contributed by atoms with Crippen molar-refractivity contribution in [3.05, 3.63) is 70.7 Å². The third kappa shape index (κ3) is 5.43. The number of para-hydroxylation sites is 2. The molecule has 2 aromatic heterocycles. The van der Waals surface area contributed by atoms with Gasteiger partial charge in [0.1, 0.15) is 18.1 Å². The van der Waals surface area contributed by atoms with Crippen LogP contribution in [0.25, 0.3) is 0 Å². The molecule has 158 valence electrons. The van der Waals surface area contributed by atoms with Crippen LogP contribution in [0.15, 0.2) is 60.1 Å². The molecule has 3 heterocycles. The molecule has 1 saturated heterocycles. The topological polar surface area (TPSA) is 60.6 Å². The number of anilines is 1. The van der Waals surface area contributed by atoms with E-state index in [0.29, 0.717) is 18.8 Å². The Morgan fingerprint density at radius 2 is 1.93 bits per heavy atom. The SMILES string of the molecule is O=C(NCCCN1CCN(c2ccccc2OCc2cccs2)CC1)c1ccc[nH]1. The van der Waals surface area contributed by atoms with Crippen LogP contribution in [0.1, 0.15) is 21.8 Å². The fourth-order valence-corrected chi connectivity index (χ4v) is 4.28. The van der Waals surface area contributed by atoms with Crippen molar-refractivity contribution in [2.24, 2.45) is 0 Å². The second-order valence-electron chi connectivity index (χ2n) is 7.36. The maximum absolute atomic E-state index is 11.9. The van der Waals surface area contributed by atoms with Crippen LogP contribution in [0.2, 0.25) is 0 Å². The van der Waals surface area contributed by atoms with Crippen LogP contribution in [0.5, 0.6) is 5.75 Å². The van der Waals surface area contributed by atoms with Gasteiger partial charge in [-0.15, -0.1) is 11.3 Å². The minimum Gasteiger partial charge on any atom is -0.486 e. The molecule has 6 nitrogen and oxygen atoms in total. The van der Waals surface area contributed by atoms with Crippen molar-refractivity contribution < 1.29 is 9.53 Å². The van der Waals surface area contributed by atoms with E-state index in [0.717, 1.165) is 44.9 Å². The second-order valence-corrected chi connectivity index (χ2v) is 8.39. The van der Waals surface area contributed by atoms with Crippen LogP contribution < -0.4 is 15.0 Å². The predicted molar refractivity (Wildman–Crippen MR) is 121 cm³/mol. The summed E-state index contributed by atoms with van der Waals surface area (Å²) in [4.78, 5) is 21.0. The average molecular weight is 425 g/mol. The highest BCUT2D eigenvalue weighted by Gasteiger charge is 2.19. The smallest absolute Gasteiger partial charge is 0.267 e. The van der Waals surface area contributed by atoms with Gasteiger partial charge in [0.25, 0.3) is 5.91 Å². The number of aromatic amines is 1. The zero-order chi connectivity index (χ0) is 20.6. The lowest BCUT2D eigenvalue weighted by Gasteiger charge is -2.36. The Kier molecular flexibility index (Phi) is 7.05. The first kappa shape index (κ1) is 20.5. The summed E-state index contributed by atoms with van der Waals surface area (Å²) in [6, 6.07) is 16.1. The molecule has 0 aliphatic carbocycles. The predicted octanol–water partition coefficient (Wildman–Crippen LogP) is 3.60. The quantitative estimate of drug-likeness (QED) is 0.516. The van der Waals surface area contributed by atoms with Crippen molar-refractivity contribution >= 4 is 22.9 Å². The molecule has 1 aromatic carbocycles. The van der Waals surface area contributed by atoms with E-state index in [9.17, 15) is 4.79 Å². The van der Waals surface area contributed by atoms with Gasteiger partial charge in [-0.2, -0.15) is 0 Å². The van der Waals surface area contributed by atoms with Crippen LogP contribution in [0.3, 0.4) is 0 Å². The molecular weight excluding hydrogens is 396 g/mol. The van der Waals surface area contributed by atoms with Crippen LogP contribution in [0.4, 0.5) is 5.69 Å². The number of nitrogens with zero attached hydrogens (tertiary/aromatic N) is 2. The van der Waals surface area contributed by atoms with Crippen LogP contribution >= 0.6 is 11.3 Å². The molecule has 1 amide bonds. The number of hydrogen-bond acceptors (Lipinski definition) is 5. The number of ether oxygens (including phenoxy) is 1. The third-order valence-corrected chi connectivity index (χ3v) is 6.16. The van der Waals surface area contributed by atoms with Crippen molar-refractivity contribution in [1.82, 2.24) is 15.2 Å². The van der Waals surface area contributed by atoms with E-state index in [4.69, 9.17) is 4.74 Å². The molecule has 1 aliphatic rings. The summed E-state index contributed by atoms with van der Waals surface area (Å²) in [6.45, 7) is 6.30. The molecule has 0 saturated carbocycles. The molecule has 7 heteroatoms. The highest BCUT2D eigenvalue weighted by molar-refractivity contribution is 7.09. The molecule has 0 radical (unpaired) electrons. The fourth-order valence-electron chi connectivity index (χ4n) is 3.67. The first-order chi connectivity index (χ1) is 14.8. The standard InChI is InChI=1S/C23H28N4O2S/c28-23(20-7-3-10-24-20)25-11-5-12-26-13-15-27(16-14-26)21-8-1-2-9-22(21)29-18-19-6-4-17-30-19/h1-4,6-10,17,24H,5,11-16,18H2,(H,25,28). The molecule has 2 N–H and O–H groups in total. The number of thiophene rings is 1. The second kappa shape index (κ2) is 10.3. The lowest BCUT2D eigenvalue weighted by molar-refractivity contribution is 0.0947. The van der Waals surface area contributed by atoms with E-state index >= 15 is 0 Å². The normalized spacial score (nSPS) is 14.6. The molecule has 0 unspecified atom stereocenters. The Balaban J connectivity index is 1.20. The van der Waals surface area contributed by atoms with E-state index in [1.165, 1.54) is 10.6 Å². The zero-order valence-corrected chi connectivity index (χ0v) is 17.9. The summed E-state index contributed by atoms with van der Waals surface area (Å²) in [6.07, 6.45) is 2.72. The highest BCUT2D eigenvalue weighted by atomic mass is 32.1. The minimum atomic E-state index is -0.0380. The maximum Gasteiger partial charge on any atom is 0.267 e. The monoisotopic (exact) mass is 424 g/mol. The van der Waals surface area contributed by atoms with Gasteiger partial charge in [-0.1, -0.05) is 18.2 Å². The van der Waals surface area contributed by atoms with E-state index in [2.05, 4.69) is 55.8 Å². The third-order valence-electron chi connectivity index (χ3n) is 5.31. The number of piperazine rings is 1. The van der Waals surface area contributed by atoms with Gasteiger partial charge in [-0.25, -0.2) is 0 Å². The lowest BCUT2D eigenvalue weighted by atomic mass is 10.2. The molecule has 4 rings (SSSR count). The van der Waals surface area contributed by atoms with Gasteiger partial charge in [-0.05, 0) is 48.7 Å². The van der Waals surface area contributed by atoms with E-state index < -0.39 is 0 Å². The Morgan fingerprint density at radius 1 is 1.07 bits per heavy atom. The fraction of sp³-hybridized carbons (Fsp3) is 0.348. The van der Waals surface area contributed by atoms with Crippen molar-refractivity contribution in [1.29, 1.82) is 0 Å². The number of H-pyrrole nitrogens is 1. The average Bonchev–Trinajstić information content (AvgIpc) is 3.50. The number of hydrogen-bond donors (Lipinski definition) is 2. The summed E-state index contributed by atoms with van der Waals surface area (Å²) < 4.78 is 6.11. The molecule has 30 heavy (non-hydrogen) atoms. The number of amides is 1. The first-order valence-electron chi connectivity index (χ1n) is 10.4. The minimum absolute atomic E-state index is 0.0380. The van der Waals surface area contributed by atoms with Crippen molar-refractivity contribution in [3.63, 3.8) is 0 Å². The largest absolute Gasteiger partial charge is 0.486 e. The number of benzene rings is 1. The molecule has 0 spiro atoms. The summed E-state index contributed by atoms with van der Waals surface area (Å²) in [7, 11) is 0. The lowest BCUT2D eigenvalue weighted by Crippen LogP contribution is -2.47. The van der Waals surface area contributed by atoms with Crippen molar-refractivity contribution in [2.75, 3.05) is 44.2 Å². The van der Waals surface area contributed by atoms with Gasteiger partial charge in [-0.3, -0.25) is 9.69 Å². The van der Waals surface area contributed by atoms with Gasteiger partial charge >= 0.3 is 0 Å². The van der Waals surface area contributed by atoms with Gasteiger partial charge in [0, 0.05) is 43.8 Å². The molecular formula is C23H28N4O2S. The molecule has 1 fully saturated rings. The summed E-state index contributed by atoms with van der Waals surface area (Å²) in [5.41, 5.74) is 1.79. The van der Waals surface area contributed by atoms with Crippen LogP contribution in [0, 0.1) is 0 Å².